The van der Waals surface area contributed by atoms with Crippen molar-refractivity contribution in [2.24, 2.45) is 0 Å². The van der Waals surface area contributed by atoms with Crippen LogP contribution < -0.4 is 15.4 Å². The highest BCUT2D eigenvalue weighted by Gasteiger charge is 2.05. The summed E-state index contributed by atoms with van der Waals surface area (Å²) in [5, 5.41) is 8.66. The summed E-state index contributed by atoms with van der Waals surface area (Å²) in [6, 6.07) is 7.76. The van der Waals surface area contributed by atoms with Crippen molar-refractivity contribution in [3.63, 3.8) is 0 Å². The van der Waals surface area contributed by atoms with E-state index in [1.807, 2.05) is 36.7 Å². The van der Waals surface area contributed by atoms with Crippen molar-refractivity contribution in [3.05, 3.63) is 40.9 Å². The molecule has 0 aliphatic heterocycles. The van der Waals surface area contributed by atoms with Gasteiger partial charge >= 0.3 is 0 Å². The number of aromatic nitrogens is 1. The fourth-order valence-electron chi connectivity index (χ4n) is 1.83. The molecule has 2 rings (SSSR count). The van der Waals surface area contributed by atoms with Crippen LogP contribution in [0.3, 0.4) is 0 Å². The summed E-state index contributed by atoms with van der Waals surface area (Å²) in [4.78, 5) is 16.1. The number of benzene rings is 1. The van der Waals surface area contributed by atoms with Gasteiger partial charge in [-0.3, -0.25) is 4.79 Å². The van der Waals surface area contributed by atoms with Crippen molar-refractivity contribution in [2.75, 3.05) is 19.5 Å². The zero-order valence-corrected chi connectivity index (χ0v) is 13.0. The average molecular weight is 305 g/mol. The monoisotopic (exact) mass is 305 g/mol. The van der Waals surface area contributed by atoms with Crippen LogP contribution >= 0.6 is 11.3 Å². The van der Waals surface area contributed by atoms with E-state index in [1.165, 1.54) is 11.3 Å². The molecule has 112 valence electrons. The number of nitrogens with zero attached hydrogens (tertiary/aromatic N) is 1. The van der Waals surface area contributed by atoms with Gasteiger partial charge < -0.3 is 15.4 Å². The van der Waals surface area contributed by atoms with E-state index in [1.54, 1.807) is 7.11 Å². The van der Waals surface area contributed by atoms with E-state index in [0.29, 0.717) is 19.4 Å². The van der Waals surface area contributed by atoms with Gasteiger partial charge in [0.2, 0.25) is 5.91 Å². The summed E-state index contributed by atoms with van der Waals surface area (Å²) in [6.07, 6.45) is 1.18. The molecule has 0 radical (unpaired) electrons. The standard InChI is InChI=1S/C15H19N3O2S/c1-16-15-18-12(10-21-15)9-17-14(19)8-5-11-3-6-13(20-2)7-4-11/h3-4,6-7,10H,5,8-9H2,1-2H3,(H,16,18)(H,17,19). The highest BCUT2D eigenvalue weighted by molar-refractivity contribution is 7.13. The van der Waals surface area contributed by atoms with Gasteiger partial charge in [-0.15, -0.1) is 11.3 Å². The molecule has 0 saturated carbocycles. The molecule has 6 heteroatoms. The molecule has 0 bridgehead atoms. The van der Waals surface area contributed by atoms with Crippen molar-refractivity contribution >= 4 is 22.4 Å². The summed E-state index contributed by atoms with van der Waals surface area (Å²) in [5.74, 6) is 0.858. The Kier molecular flexibility index (Phi) is 5.57. The number of nitrogens with one attached hydrogen (secondary N) is 2. The first kappa shape index (κ1) is 15.3. The van der Waals surface area contributed by atoms with E-state index in [9.17, 15) is 4.79 Å². The van der Waals surface area contributed by atoms with E-state index in [2.05, 4.69) is 15.6 Å². The number of hydrogen-bond donors (Lipinski definition) is 2. The number of amides is 1. The third-order valence-electron chi connectivity index (χ3n) is 3.03. The van der Waals surface area contributed by atoms with Crippen molar-refractivity contribution in [1.82, 2.24) is 10.3 Å². The van der Waals surface area contributed by atoms with Gasteiger partial charge in [-0.05, 0) is 24.1 Å². The second kappa shape index (κ2) is 7.64. The summed E-state index contributed by atoms with van der Waals surface area (Å²) in [7, 11) is 3.47. The first-order valence-corrected chi connectivity index (χ1v) is 7.61. The minimum atomic E-state index is 0.0322. The second-order valence-electron chi connectivity index (χ2n) is 4.52. The van der Waals surface area contributed by atoms with E-state index in [0.717, 1.165) is 22.1 Å². The van der Waals surface area contributed by atoms with Gasteiger partial charge in [-0.2, -0.15) is 0 Å². The van der Waals surface area contributed by atoms with Crippen LogP contribution in [0.4, 0.5) is 5.13 Å². The van der Waals surface area contributed by atoms with E-state index in [-0.39, 0.29) is 5.91 Å². The summed E-state index contributed by atoms with van der Waals surface area (Å²) in [6.45, 7) is 0.472. The molecule has 1 heterocycles. The van der Waals surface area contributed by atoms with Crippen molar-refractivity contribution in [1.29, 1.82) is 0 Å². The van der Waals surface area contributed by atoms with Gasteiger partial charge in [-0.1, -0.05) is 12.1 Å². The Labute approximate surface area is 128 Å². The van der Waals surface area contributed by atoms with Crippen LogP contribution in [0.1, 0.15) is 17.7 Å². The Morgan fingerprint density at radius 1 is 1.33 bits per heavy atom. The maximum atomic E-state index is 11.8. The van der Waals surface area contributed by atoms with Gasteiger partial charge in [0.15, 0.2) is 5.13 Å². The number of anilines is 1. The van der Waals surface area contributed by atoms with Crippen LogP contribution in [0.25, 0.3) is 0 Å². The molecule has 0 aliphatic carbocycles. The molecule has 1 aromatic heterocycles. The Bertz CT molecular complexity index is 581. The van der Waals surface area contributed by atoms with Crippen molar-refractivity contribution < 1.29 is 9.53 Å². The number of rotatable bonds is 7. The largest absolute Gasteiger partial charge is 0.497 e. The van der Waals surface area contributed by atoms with E-state index < -0.39 is 0 Å². The van der Waals surface area contributed by atoms with Crippen LogP contribution in [0, 0.1) is 0 Å². The topological polar surface area (TPSA) is 63.2 Å². The lowest BCUT2D eigenvalue weighted by molar-refractivity contribution is -0.121. The fraction of sp³-hybridized carbons (Fsp3) is 0.333. The van der Waals surface area contributed by atoms with E-state index >= 15 is 0 Å². The van der Waals surface area contributed by atoms with Crippen LogP contribution in [0.5, 0.6) is 5.75 Å². The first-order chi connectivity index (χ1) is 10.2. The third kappa shape index (κ3) is 4.75. The predicted molar refractivity (Wildman–Crippen MR) is 84.8 cm³/mol. The molecule has 1 amide bonds. The molecular formula is C15H19N3O2S. The predicted octanol–water partition coefficient (Wildman–Crippen LogP) is 2.44. The second-order valence-corrected chi connectivity index (χ2v) is 5.38. The molecule has 1 aromatic carbocycles. The molecule has 0 saturated heterocycles. The molecule has 0 aliphatic rings. The Morgan fingerprint density at radius 2 is 2.10 bits per heavy atom. The number of carbonyl (C=O) groups is 1. The number of ether oxygens (including phenoxy) is 1. The Morgan fingerprint density at radius 3 is 2.71 bits per heavy atom. The van der Waals surface area contributed by atoms with Gasteiger partial charge in [0.25, 0.3) is 0 Å². The highest BCUT2D eigenvalue weighted by atomic mass is 32.1. The molecule has 21 heavy (non-hydrogen) atoms. The Balaban J connectivity index is 1.73. The number of thiazole rings is 1. The molecule has 2 aromatic rings. The van der Waals surface area contributed by atoms with Gasteiger partial charge in [0, 0.05) is 18.8 Å². The number of hydrogen-bond acceptors (Lipinski definition) is 5. The van der Waals surface area contributed by atoms with Crippen LogP contribution in [0.15, 0.2) is 29.6 Å². The molecule has 0 unspecified atom stereocenters. The number of carbonyl (C=O) groups excluding carboxylic acids is 1. The quantitative estimate of drug-likeness (QED) is 0.825. The zero-order valence-electron chi connectivity index (χ0n) is 12.2. The maximum absolute atomic E-state index is 11.8. The summed E-state index contributed by atoms with van der Waals surface area (Å²) >= 11 is 1.53. The molecule has 5 nitrogen and oxygen atoms in total. The van der Waals surface area contributed by atoms with Crippen LogP contribution in [-0.2, 0) is 17.8 Å². The van der Waals surface area contributed by atoms with Gasteiger partial charge in [0.1, 0.15) is 5.75 Å². The summed E-state index contributed by atoms with van der Waals surface area (Å²) < 4.78 is 5.10. The first-order valence-electron chi connectivity index (χ1n) is 6.73. The average Bonchev–Trinajstić information content (AvgIpc) is 2.99. The molecule has 0 fully saturated rings. The van der Waals surface area contributed by atoms with Crippen molar-refractivity contribution in [2.45, 2.75) is 19.4 Å². The molecule has 0 spiro atoms. The number of methoxy groups -OCH3 is 1. The van der Waals surface area contributed by atoms with E-state index in [4.69, 9.17) is 4.74 Å². The molecule has 0 atom stereocenters. The highest BCUT2D eigenvalue weighted by Crippen LogP contribution is 2.14. The molecular weight excluding hydrogens is 286 g/mol. The minimum Gasteiger partial charge on any atom is -0.497 e. The fourth-order valence-corrected chi connectivity index (χ4v) is 2.50. The normalized spacial score (nSPS) is 10.2. The van der Waals surface area contributed by atoms with Crippen LogP contribution in [-0.4, -0.2) is 25.0 Å². The SMILES string of the molecule is CNc1nc(CNC(=O)CCc2ccc(OC)cc2)cs1. The van der Waals surface area contributed by atoms with Gasteiger partial charge in [-0.25, -0.2) is 4.98 Å². The third-order valence-corrected chi connectivity index (χ3v) is 3.94. The maximum Gasteiger partial charge on any atom is 0.220 e. The van der Waals surface area contributed by atoms with Gasteiger partial charge in [0.05, 0.1) is 19.3 Å². The lowest BCUT2D eigenvalue weighted by atomic mass is 10.1. The number of aryl methyl sites for hydroxylation is 1. The zero-order chi connectivity index (χ0) is 15.1. The Hall–Kier alpha value is -2.08. The molecule has 2 N–H and O–H groups in total. The minimum absolute atomic E-state index is 0.0322. The smallest absolute Gasteiger partial charge is 0.220 e. The van der Waals surface area contributed by atoms with Crippen molar-refractivity contribution in [3.8, 4) is 5.75 Å². The lowest BCUT2D eigenvalue weighted by Gasteiger charge is -2.05. The summed E-state index contributed by atoms with van der Waals surface area (Å²) in [5.41, 5.74) is 2.00. The lowest BCUT2D eigenvalue weighted by Crippen LogP contribution is -2.23. The van der Waals surface area contributed by atoms with Crippen LogP contribution in [0.2, 0.25) is 0 Å².